The number of ether oxygens (including phenoxy) is 1. The van der Waals surface area contributed by atoms with Gasteiger partial charge in [-0.15, -0.1) is 0 Å². The summed E-state index contributed by atoms with van der Waals surface area (Å²) in [7, 11) is 1.33. The molecule has 0 bridgehead atoms. The molecule has 2 aromatic heterocycles. The van der Waals surface area contributed by atoms with Crippen molar-refractivity contribution in [1.29, 1.82) is 0 Å². The number of hydrogen-bond donors (Lipinski definition) is 0. The Morgan fingerprint density at radius 1 is 1.36 bits per heavy atom. The van der Waals surface area contributed by atoms with Crippen LogP contribution in [0.2, 0.25) is 0 Å². The van der Waals surface area contributed by atoms with E-state index in [1.165, 1.54) is 7.11 Å². The zero-order valence-corrected chi connectivity index (χ0v) is 7.60. The molecule has 2 rings (SSSR count). The number of nitrogens with zero attached hydrogens (tertiary/aromatic N) is 2. The number of esters is 1. The second-order valence-electron chi connectivity index (χ2n) is 2.78. The molecule has 70 valence electrons. The van der Waals surface area contributed by atoms with Crippen molar-refractivity contribution in [2.45, 2.75) is 0 Å². The number of rotatable bonds is 1. The Kier molecular flexibility index (Phi) is 2.10. The molecule has 4 heteroatoms. The van der Waals surface area contributed by atoms with Crippen LogP contribution in [0.15, 0.2) is 30.7 Å². The molecular formula is C10H8N2O2. The van der Waals surface area contributed by atoms with Crippen LogP contribution in [-0.4, -0.2) is 23.0 Å². The molecule has 0 aliphatic rings. The summed E-state index contributed by atoms with van der Waals surface area (Å²) in [6.07, 6.45) is 4.99. The number of aromatic nitrogens is 2. The molecule has 2 aromatic rings. The van der Waals surface area contributed by atoms with E-state index in [9.17, 15) is 4.79 Å². The van der Waals surface area contributed by atoms with Crippen LogP contribution in [-0.2, 0) is 4.74 Å². The van der Waals surface area contributed by atoms with Gasteiger partial charge in [-0.3, -0.25) is 4.98 Å². The summed E-state index contributed by atoms with van der Waals surface area (Å²) in [5.74, 6) is -0.434. The minimum Gasteiger partial charge on any atom is -0.464 e. The third kappa shape index (κ3) is 1.42. The van der Waals surface area contributed by atoms with Crippen LogP contribution in [0.5, 0.6) is 0 Å². The van der Waals surface area contributed by atoms with Gasteiger partial charge in [-0.05, 0) is 12.1 Å². The minimum absolute atomic E-state index is 0.299. The molecule has 14 heavy (non-hydrogen) atoms. The molecular weight excluding hydrogens is 180 g/mol. The van der Waals surface area contributed by atoms with Crippen LogP contribution in [0.3, 0.4) is 0 Å². The van der Waals surface area contributed by atoms with Crippen LogP contribution in [0.25, 0.3) is 10.8 Å². The van der Waals surface area contributed by atoms with Gasteiger partial charge >= 0.3 is 5.97 Å². The normalized spacial score (nSPS) is 10.1. The fraction of sp³-hybridized carbons (Fsp3) is 0.100. The van der Waals surface area contributed by atoms with Crippen molar-refractivity contribution in [3.8, 4) is 0 Å². The first-order valence-electron chi connectivity index (χ1n) is 4.09. The smallest absolute Gasteiger partial charge is 0.356 e. The van der Waals surface area contributed by atoms with E-state index in [-0.39, 0.29) is 0 Å². The van der Waals surface area contributed by atoms with Gasteiger partial charge in [-0.25, -0.2) is 9.78 Å². The third-order valence-corrected chi connectivity index (χ3v) is 1.92. The van der Waals surface area contributed by atoms with Gasteiger partial charge in [0.1, 0.15) is 5.69 Å². The van der Waals surface area contributed by atoms with E-state index < -0.39 is 5.97 Å². The summed E-state index contributed by atoms with van der Waals surface area (Å²) in [4.78, 5) is 19.1. The predicted molar refractivity (Wildman–Crippen MR) is 50.9 cm³/mol. The largest absolute Gasteiger partial charge is 0.464 e. The molecule has 0 fully saturated rings. The van der Waals surface area contributed by atoms with E-state index in [0.29, 0.717) is 5.69 Å². The molecule has 0 radical (unpaired) electrons. The zero-order chi connectivity index (χ0) is 9.97. The Balaban J connectivity index is 2.56. The average molecular weight is 188 g/mol. The van der Waals surface area contributed by atoms with Gasteiger partial charge in [-0.2, -0.15) is 0 Å². The van der Waals surface area contributed by atoms with E-state index in [2.05, 4.69) is 14.7 Å². The fourth-order valence-corrected chi connectivity index (χ4v) is 1.20. The van der Waals surface area contributed by atoms with Gasteiger partial charge in [0.2, 0.25) is 0 Å². The third-order valence-electron chi connectivity index (χ3n) is 1.92. The van der Waals surface area contributed by atoms with E-state index in [1.54, 1.807) is 24.7 Å². The first-order chi connectivity index (χ1) is 6.81. The Morgan fingerprint density at radius 2 is 2.21 bits per heavy atom. The highest BCUT2D eigenvalue weighted by molar-refractivity contribution is 5.92. The summed E-state index contributed by atoms with van der Waals surface area (Å²) in [6, 6.07) is 3.50. The van der Waals surface area contributed by atoms with Gasteiger partial charge < -0.3 is 4.74 Å². The Bertz CT molecular complexity index is 482. The summed E-state index contributed by atoms with van der Waals surface area (Å²) < 4.78 is 4.56. The molecule has 0 aliphatic carbocycles. The fourth-order valence-electron chi connectivity index (χ4n) is 1.20. The number of carbonyl (C=O) groups is 1. The van der Waals surface area contributed by atoms with Gasteiger partial charge in [0.15, 0.2) is 0 Å². The van der Waals surface area contributed by atoms with Crippen molar-refractivity contribution in [2.75, 3.05) is 7.11 Å². The lowest BCUT2D eigenvalue weighted by molar-refractivity contribution is 0.0594. The van der Waals surface area contributed by atoms with E-state index >= 15 is 0 Å². The Morgan fingerprint density at radius 3 is 3.00 bits per heavy atom. The molecule has 2 heterocycles. The van der Waals surface area contributed by atoms with Crippen LogP contribution in [0.1, 0.15) is 10.5 Å². The van der Waals surface area contributed by atoms with E-state index in [1.807, 2.05) is 6.07 Å². The number of fused-ring (bicyclic) bond motifs is 1. The van der Waals surface area contributed by atoms with Crippen LogP contribution in [0, 0.1) is 0 Å². The first kappa shape index (κ1) is 8.62. The molecule has 0 amide bonds. The molecule has 0 saturated heterocycles. The van der Waals surface area contributed by atoms with Gasteiger partial charge in [-0.1, -0.05) is 0 Å². The SMILES string of the molecule is COC(=O)c1cc2cnccc2cn1. The van der Waals surface area contributed by atoms with Crippen molar-refractivity contribution in [3.05, 3.63) is 36.4 Å². The molecule has 0 saturated carbocycles. The van der Waals surface area contributed by atoms with Crippen molar-refractivity contribution in [2.24, 2.45) is 0 Å². The van der Waals surface area contributed by atoms with Gasteiger partial charge in [0.25, 0.3) is 0 Å². The van der Waals surface area contributed by atoms with Crippen LogP contribution in [0.4, 0.5) is 0 Å². The maximum absolute atomic E-state index is 11.2. The maximum Gasteiger partial charge on any atom is 0.356 e. The summed E-state index contributed by atoms with van der Waals surface area (Å²) in [5.41, 5.74) is 0.299. The maximum atomic E-state index is 11.2. The van der Waals surface area contributed by atoms with Crippen molar-refractivity contribution < 1.29 is 9.53 Å². The monoisotopic (exact) mass is 188 g/mol. The van der Waals surface area contributed by atoms with Crippen molar-refractivity contribution in [3.63, 3.8) is 0 Å². The molecule has 0 unspecified atom stereocenters. The summed E-state index contributed by atoms with van der Waals surface area (Å²) >= 11 is 0. The molecule has 0 N–H and O–H groups in total. The predicted octanol–water partition coefficient (Wildman–Crippen LogP) is 1.42. The lowest BCUT2D eigenvalue weighted by atomic mass is 10.2. The average Bonchev–Trinajstić information content (AvgIpc) is 2.27. The lowest BCUT2D eigenvalue weighted by Crippen LogP contribution is -2.03. The van der Waals surface area contributed by atoms with Gasteiger partial charge in [0, 0.05) is 29.4 Å². The lowest BCUT2D eigenvalue weighted by Gasteiger charge is -1.99. The topological polar surface area (TPSA) is 52.1 Å². The van der Waals surface area contributed by atoms with Crippen LogP contribution < -0.4 is 0 Å². The standard InChI is InChI=1S/C10H8N2O2/c1-14-10(13)9-4-8-5-11-3-2-7(8)6-12-9/h2-6H,1H3. The van der Waals surface area contributed by atoms with Crippen molar-refractivity contribution in [1.82, 2.24) is 9.97 Å². The van der Waals surface area contributed by atoms with E-state index in [0.717, 1.165) is 10.8 Å². The second kappa shape index (κ2) is 3.41. The molecule has 0 atom stereocenters. The summed E-state index contributed by atoms with van der Waals surface area (Å²) in [6.45, 7) is 0. The Hall–Kier alpha value is -1.97. The highest BCUT2D eigenvalue weighted by Crippen LogP contribution is 2.12. The molecule has 0 aromatic carbocycles. The highest BCUT2D eigenvalue weighted by atomic mass is 16.5. The molecule has 0 aliphatic heterocycles. The van der Waals surface area contributed by atoms with Crippen LogP contribution >= 0.6 is 0 Å². The molecule has 4 nitrogen and oxygen atoms in total. The molecule has 0 spiro atoms. The second-order valence-corrected chi connectivity index (χ2v) is 2.78. The number of pyridine rings is 2. The zero-order valence-electron chi connectivity index (χ0n) is 7.60. The summed E-state index contributed by atoms with van der Waals surface area (Å²) in [5, 5.41) is 1.83. The highest BCUT2D eigenvalue weighted by Gasteiger charge is 2.06. The first-order valence-corrected chi connectivity index (χ1v) is 4.09. The number of methoxy groups -OCH3 is 1. The van der Waals surface area contributed by atoms with Crippen molar-refractivity contribution >= 4 is 16.7 Å². The minimum atomic E-state index is -0.434. The van der Waals surface area contributed by atoms with E-state index in [4.69, 9.17) is 0 Å². The number of hydrogen-bond acceptors (Lipinski definition) is 4. The Labute approximate surface area is 80.6 Å². The quantitative estimate of drug-likeness (QED) is 0.635. The van der Waals surface area contributed by atoms with Gasteiger partial charge in [0.05, 0.1) is 7.11 Å². The number of carbonyl (C=O) groups excluding carboxylic acids is 1.